The Hall–Kier alpha value is -1.71. The fourth-order valence-corrected chi connectivity index (χ4v) is 2.55. The number of hydrogen-bond donors (Lipinski definition) is 1. The van der Waals surface area contributed by atoms with Crippen LogP contribution in [0.2, 0.25) is 10.0 Å². The zero-order chi connectivity index (χ0) is 16.7. The summed E-state index contributed by atoms with van der Waals surface area (Å²) in [7, 11) is 0. The summed E-state index contributed by atoms with van der Waals surface area (Å²) in [5.74, 6) is 0. The number of anilines is 1. The minimum Gasteiger partial charge on any atom is -0.320 e. The van der Waals surface area contributed by atoms with Crippen LogP contribution in [0.1, 0.15) is 25.3 Å². The second-order valence-electron chi connectivity index (χ2n) is 5.29. The number of nitrogens with one attached hydrogen (secondary N) is 1. The van der Waals surface area contributed by atoms with E-state index in [1.807, 2.05) is 30.3 Å². The van der Waals surface area contributed by atoms with Gasteiger partial charge in [-0.1, -0.05) is 72.9 Å². The molecule has 122 valence electrons. The highest BCUT2D eigenvalue weighted by atomic mass is 35.5. The van der Waals surface area contributed by atoms with E-state index in [-0.39, 0.29) is 6.03 Å². The van der Waals surface area contributed by atoms with Crippen molar-refractivity contribution in [3.8, 4) is 0 Å². The normalized spacial score (nSPS) is 10.4. The summed E-state index contributed by atoms with van der Waals surface area (Å²) in [6.07, 6.45) is 1.97. The maximum atomic E-state index is 12.6. The van der Waals surface area contributed by atoms with Crippen LogP contribution in [0.4, 0.5) is 10.5 Å². The third-order valence-corrected chi connectivity index (χ3v) is 4.30. The van der Waals surface area contributed by atoms with Gasteiger partial charge in [0.2, 0.25) is 0 Å². The van der Waals surface area contributed by atoms with Gasteiger partial charge in [-0.05, 0) is 24.1 Å². The van der Waals surface area contributed by atoms with Gasteiger partial charge in [0, 0.05) is 13.1 Å². The number of unbranched alkanes of at least 4 members (excludes halogenated alkanes) is 1. The van der Waals surface area contributed by atoms with Gasteiger partial charge in [0.15, 0.2) is 0 Å². The van der Waals surface area contributed by atoms with Crippen molar-refractivity contribution in [2.75, 3.05) is 11.9 Å². The number of hydrogen-bond acceptors (Lipinski definition) is 1. The standard InChI is InChI=1S/C18H20Cl2N2O/c1-2-3-12-22(13-14-8-5-4-6-9-14)18(23)21-16-11-7-10-15(19)17(16)20/h4-11H,2-3,12-13H2,1H3,(H,21,23). The molecule has 0 aromatic heterocycles. The Morgan fingerprint density at radius 3 is 2.52 bits per heavy atom. The van der Waals surface area contributed by atoms with E-state index in [0.29, 0.717) is 28.8 Å². The number of amides is 2. The molecule has 0 fully saturated rings. The average Bonchev–Trinajstić information content (AvgIpc) is 2.56. The Morgan fingerprint density at radius 1 is 1.09 bits per heavy atom. The summed E-state index contributed by atoms with van der Waals surface area (Å²) < 4.78 is 0. The van der Waals surface area contributed by atoms with Crippen molar-refractivity contribution in [1.29, 1.82) is 0 Å². The molecule has 0 heterocycles. The minimum atomic E-state index is -0.175. The first-order valence-electron chi connectivity index (χ1n) is 7.65. The molecule has 2 aromatic rings. The molecule has 0 unspecified atom stereocenters. The van der Waals surface area contributed by atoms with E-state index in [1.165, 1.54) is 0 Å². The van der Waals surface area contributed by atoms with Gasteiger partial charge in [-0.3, -0.25) is 0 Å². The van der Waals surface area contributed by atoms with E-state index in [2.05, 4.69) is 12.2 Å². The molecule has 2 aromatic carbocycles. The van der Waals surface area contributed by atoms with Crippen molar-refractivity contribution >= 4 is 34.9 Å². The SMILES string of the molecule is CCCCN(Cc1ccccc1)C(=O)Nc1cccc(Cl)c1Cl. The predicted octanol–water partition coefficient (Wildman–Crippen LogP) is 5.83. The lowest BCUT2D eigenvalue weighted by Gasteiger charge is -2.23. The molecule has 0 spiro atoms. The number of rotatable bonds is 6. The third kappa shape index (κ3) is 5.15. The summed E-state index contributed by atoms with van der Waals surface area (Å²) in [5.41, 5.74) is 1.62. The summed E-state index contributed by atoms with van der Waals surface area (Å²) in [6, 6.07) is 15.0. The summed E-state index contributed by atoms with van der Waals surface area (Å²) in [4.78, 5) is 14.4. The number of carbonyl (C=O) groups is 1. The van der Waals surface area contributed by atoms with E-state index in [4.69, 9.17) is 23.2 Å². The van der Waals surface area contributed by atoms with Gasteiger partial charge in [0.05, 0.1) is 15.7 Å². The molecule has 0 aliphatic carbocycles. The monoisotopic (exact) mass is 350 g/mol. The van der Waals surface area contributed by atoms with Gasteiger partial charge in [-0.25, -0.2) is 4.79 Å². The molecule has 2 amide bonds. The Morgan fingerprint density at radius 2 is 1.83 bits per heavy atom. The van der Waals surface area contributed by atoms with E-state index in [0.717, 1.165) is 18.4 Å². The van der Waals surface area contributed by atoms with Crippen molar-refractivity contribution in [3.63, 3.8) is 0 Å². The first-order chi connectivity index (χ1) is 11.1. The lowest BCUT2D eigenvalue weighted by molar-refractivity contribution is 0.208. The molecular formula is C18H20Cl2N2O. The molecule has 23 heavy (non-hydrogen) atoms. The zero-order valence-corrected chi connectivity index (χ0v) is 14.6. The van der Waals surface area contributed by atoms with Crippen molar-refractivity contribution < 1.29 is 4.79 Å². The van der Waals surface area contributed by atoms with Crippen LogP contribution >= 0.6 is 23.2 Å². The molecule has 0 aliphatic heterocycles. The lowest BCUT2D eigenvalue weighted by Crippen LogP contribution is -2.35. The van der Waals surface area contributed by atoms with Crippen LogP contribution in [0.5, 0.6) is 0 Å². The van der Waals surface area contributed by atoms with Gasteiger partial charge in [-0.2, -0.15) is 0 Å². The van der Waals surface area contributed by atoms with Crippen molar-refractivity contribution in [2.45, 2.75) is 26.3 Å². The van der Waals surface area contributed by atoms with Crippen molar-refractivity contribution in [3.05, 3.63) is 64.1 Å². The van der Waals surface area contributed by atoms with Gasteiger partial charge in [0.25, 0.3) is 0 Å². The van der Waals surface area contributed by atoms with E-state index in [9.17, 15) is 4.79 Å². The number of halogens is 2. The number of urea groups is 1. The first kappa shape index (κ1) is 17.6. The van der Waals surface area contributed by atoms with Crippen LogP contribution in [0.25, 0.3) is 0 Å². The quantitative estimate of drug-likeness (QED) is 0.698. The minimum absolute atomic E-state index is 0.175. The highest BCUT2D eigenvalue weighted by Crippen LogP contribution is 2.29. The van der Waals surface area contributed by atoms with Crippen LogP contribution in [0.15, 0.2) is 48.5 Å². The van der Waals surface area contributed by atoms with Crippen LogP contribution < -0.4 is 5.32 Å². The average molecular weight is 351 g/mol. The van der Waals surface area contributed by atoms with Crippen LogP contribution in [0.3, 0.4) is 0 Å². The van der Waals surface area contributed by atoms with Crippen LogP contribution in [-0.4, -0.2) is 17.5 Å². The van der Waals surface area contributed by atoms with Crippen molar-refractivity contribution in [1.82, 2.24) is 4.90 Å². The highest BCUT2D eigenvalue weighted by Gasteiger charge is 2.15. The maximum Gasteiger partial charge on any atom is 0.322 e. The largest absolute Gasteiger partial charge is 0.322 e. The number of nitrogens with zero attached hydrogens (tertiary/aromatic N) is 1. The third-order valence-electron chi connectivity index (χ3n) is 3.48. The van der Waals surface area contributed by atoms with E-state index < -0.39 is 0 Å². The lowest BCUT2D eigenvalue weighted by atomic mass is 10.2. The van der Waals surface area contributed by atoms with E-state index in [1.54, 1.807) is 23.1 Å². The second kappa shape index (κ2) is 8.80. The fourth-order valence-electron chi connectivity index (χ4n) is 2.20. The smallest absolute Gasteiger partial charge is 0.320 e. The Bertz CT molecular complexity index is 647. The molecule has 0 radical (unpaired) electrons. The summed E-state index contributed by atoms with van der Waals surface area (Å²) in [5, 5.41) is 3.63. The molecule has 3 nitrogen and oxygen atoms in total. The molecule has 0 aliphatic rings. The molecule has 0 saturated heterocycles. The Kier molecular flexibility index (Phi) is 6.75. The first-order valence-corrected chi connectivity index (χ1v) is 8.41. The Balaban J connectivity index is 2.11. The van der Waals surface area contributed by atoms with Gasteiger partial charge in [-0.15, -0.1) is 0 Å². The topological polar surface area (TPSA) is 32.3 Å². The van der Waals surface area contributed by atoms with Crippen LogP contribution in [0, 0.1) is 0 Å². The molecule has 0 bridgehead atoms. The molecule has 2 rings (SSSR count). The molecule has 0 atom stereocenters. The molecule has 5 heteroatoms. The van der Waals surface area contributed by atoms with Gasteiger partial charge in [0.1, 0.15) is 0 Å². The zero-order valence-electron chi connectivity index (χ0n) is 13.1. The number of benzene rings is 2. The second-order valence-corrected chi connectivity index (χ2v) is 6.08. The summed E-state index contributed by atoms with van der Waals surface area (Å²) >= 11 is 12.1. The summed E-state index contributed by atoms with van der Waals surface area (Å²) in [6.45, 7) is 3.35. The molecule has 1 N–H and O–H groups in total. The number of carbonyl (C=O) groups excluding carboxylic acids is 1. The van der Waals surface area contributed by atoms with Gasteiger partial charge >= 0.3 is 6.03 Å². The molecular weight excluding hydrogens is 331 g/mol. The molecule has 0 saturated carbocycles. The van der Waals surface area contributed by atoms with Gasteiger partial charge < -0.3 is 10.2 Å². The fraction of sp³-hybridized carbons (Fsp3) is 0.278. The maximum absolute atomic E-state index is 12.6. The highest BCUT2D eigenvalue weighted by molar-refractivity contribution is 6.43. The van der Waals surface area contributed by atoms with Crippen molar-refractivity contribution in [2.24, 2.45) is 0 Å². The van der Waals surface area contributed by atoms with E-state index >= 15 is 0 Å². The predicted molar refractivity (Wildman–Crippen MR) is 97.2 cm³/mol. The Labute approximate surface area is 147 Å². The van der Waals surface area contributed by atoms with Crippen LogP contribution in [-0.2, 0) is 6.54 Å².